The van der Waals surface area contributed by atoms with E-state index in [0.29, 0.717) is 19.3 Å². The van der Waals surface area contributed by atoms with Crippen LogP contribution in [0, 0.1) is 23.2 Å². The fourth-order valence-electron chi connectivity index (χ4n) is 3.94. The molecule has 0 radical (unpaired) electrons. The number of esters is 1. The van der Waals surface area contributed by atoms with Gasteiger partial charge in [0, 0.05) is 20.6 Å². The number of fused-ring (bicyclic) bond motifs is 2. The normalized spacial score (nSPS) is 24.6. The number of alkyl halides is 6. The van der Waals surface area contributed by atoms with Gasteiger partial charge in [0.15, 0.2) is 0 Å². The summed E-state index contributed by atoms with van der Waals surface area (Å²) < 4.78 is 95.3. The van der Waals surface area contributed by atoms with Crippen molar-refractivity contribution in [2.75, 3.05) is 14.2 Å². The van der Waals surface area contributed by atoms with Crippen LogP contribution >= 0.6 is 0 Å². The molecule has 0 spiro atoms. The zero-order valence-corrected chi connectivity index (χ0v) is 20.2. The van der Waals surface area contributed by atoms with Gasteiger partial charge in [0.1, 0.15) is 0 Å². The molecule has 2 saturated carbocycles. The molecular weight excluding hydrogens is 446 g/mol. The number of halogens is 6. The van der Waals surface area contributed by atoms with Gasteiger partial charge in [0.05, 0.1) is 5.41 Å². The summed E-state index contributed by atoms with van der Waals surface area (Å²) in [6, 6.07) is 0. The first kappa shape index (κ1) is 28.2. The Morgan fingerprint density at radius 3 is 1.65 bits per heavy atom. The van der Waals surface area contributed by atoms with E-state index in [2.05, 4.69) is 4.74 Å². The van der Waals surface area contributed by atoms with E-state index in [9.17, 15) is 31.1 Å². The second kappa shape index (κ2) is 9.58. The zero-order valence-electron chi connectivity index (χ0n) is 19.2. The van der Waals surface area contributed by atoms with Crippen LogP contribution in [0.15, 0.2) is 0 Å². The molecular formula is C20H34F6O4Si. The lowest BCUT2D eigenvalue weighted by molar-refractivity contribution is -0.376. The Labute approximate surface area is 181 Å². The Morgan fingerprint density at radius 1 is 0.903 bits per heavy atom. The van der Waals surface area contributed by atoms with Gasteiger partial charge in [-0.3, -0.25) is 4.79 Å². The predicted octanol–water partition coefficient (Wildman–Crippen LogP) is 6.25. The fourth-order valence-corrected chi connectivity index (χ4v) is 4.11. The van der Waals surface area contributed by atoms with E-state index >= 15 is 0 Å². The molecule has 0 N–H and O–H groups in total. The van der Waals surface area contributed by atoms with Crippen molar-refractivity contribution in [1.82, 2.24) is 0 Å². The average Bonchev–Trinajstić information content (AvgIpc) is 3.21. The Balaban J connectivity index is 0.000000592. The molecule has 3 unspecified atom stereocenters. The summed E-state index contributed by atoms with van der Waals surface area (Å²) in [5.41, 5.74) is -5.89. The minimum absolute atomic E-state index is 0.146. The monoisotopic (exact) mass is 480 g/mol. The zero-order chi connectivity index (χ0) is 24.5. The fraction of sp³-hybridized carbons (Fsp3) is 0.950. The maximum Gasteiger partial charge on any atom is 0.437 e. The molecule has 0 aromatic rings. The van der Waals surface area contributed by atoms with Gasteiger partial charge >= 0.3 is 32.5 Å². The number of rotatable bonds is 5. The van der Waals surface area contributed by atoms with E-state index in [1.807, 2.05) is 13.1 Å². The van der Waals surface area contributed by atoms with Gasteiger partial charge in [0.2, 0.25) is 0 Å². The van der Waals surface area contributed by atoms with E-state index in [1.165, 1.54) is 20.8 Å². The van der Waals surface area contributed by atoms with Crippen molar-refractivity contribution in [3.8, 4) is 0 Å². The molecule has 11 heteroatoms. The minimum atomic E-state index is -5.71. The van der Waals surface area contributed by atoms with Crippen LogP contribution in [0.5, 0.6) is 0 Å². The third-order valence-corrected chi connectivity index (χ3v) is 8.18. The van der Waals surface area contributed by atoms with Gasteiger partial charge in [-0.1, -0.05) is 6.42 Å². The van der Waals surface area contributed by atoms with Crippen molar-refractivity contribution in [2.24, 2.45) is 23.2 Å². The van der Waals surface area contributed by atoms with Crippen LogP contribution in [-0.4, -0.2) is 46.7 Å². The molecule has 0 saturated heterocycles. The average molecular weight is 481 g/mol. The molecule has 0 aromatic heterocycles. The summed E-state index contributed by atoms with van der Waals surface area (Å²) >= 11 is 0. The molecule has 2 aliphatic carbocycles. The van der Waals surface area contributed by atoms with Crippen LogP contribution in [0.3, 0.4) is 0 Å². The number of carbonyl (C=O) groups is 1. The van der Waals surface area contributed by atoms with Gasteiger partial charge in [0.25, 0.3) is 0 Å². The highest BCUT2D eigenvalue weighted by Crippen LogP contribution is 2.57. The first-order valence-electron chi connectivity index (χ1n) is 10.3. The van der Waals surface area contributed by atoms with Gasteiger partial charge < -0.3 is 13.6 Å². The van der Waals surface area contributed by atoms with Gasteiger partial charge in [-0.2, -0.15) is 26.3 Å². The molecule has 0 amide bonds. The Hall–Kier alpha value is -0.813. The summed E-state index contributed by atoms with van der Waals surface area (Å²) in [5, 5.41) is 0. The third-order valence-electron chi connectivity index (χ3n) is 6.21. The Kier molecular flexibility index (Phi) is 8.73. The van der Waals surface area contributed by atoms with E-state index in [4.69, 9.17) is 8.85 Å². The Bertz CT molecular complexity index is 592. The number of ether oxygens (including phenoxy) is 1. The molecule has 2 aliphatic rings. The number of hydrogen-bond acceptors (Lipinski definition) is 4. The predicted molar refractivity (Wildman–Crippen MR) is 105 cm³/mol. The largest absolute Gasteiger partial charge is 0.439 e. The molecule has 184 valence electrons. The molecule has 2 rings (SSSR count). The highest BCUT2D eigenvalue weighted by Gasteiger charge is 2.75. The first-order valence-corrected chi connectivity index (χ1v) is 13.1. The van der Waals surface area contributed by atoms with Gasteiger partial charge in [-0.15, -0.1) is 0 Å². The summed E-state index contributed by atoms with van der Waals surface area (Å²) in [7, 11) is 1.70. The van der Waals surface area contributed by atoms with Crippen molar-refractivity contribution < 1.29 is 44.7 Å². The van der Waals surface area contributed by atoms with Crippen LogP contribution in [-0.2, 0) is 18.4 Å². The first-order chi connectivity index (χ1) is 13.8. The third kappa shape index (κ3) is 6.83. The molecule has 0 aliphatic heterocycles. The summed E-state index contributed by atoms with van der Waals surface area (Å²) in [6.45, 7) is 7.67. The minimum Gasteiger partial charge on any atom is -0.439 e. The lowest BCUT2D eigenvalue weighted by atomic mass is 9.79. The van der Waals surface area contributed by atoms with Crippen LogP contribution in [0.25, 0.3) is 0 Å². The highest BCUT2D eigenvalue weighted by molar-refractivity contribution is 6.64. The molecule has 2 bridgehead atoms. The standard InChI is InChI=1S/C16H22F6O2.C4H12O2Si/c1-13(2,3)12(23)24-14(15(17,18)19,16(20,21)22)8-11-7-9-4-5-10(11)6-9;1-5-7(3,4)6-2/h9-11H,4-8H2,1-3H3;1-4H3. The van der Waals surface area contributed by atoms with Gasteiger partial charge in [-0.05, 0) is 70.9 Å². The van der Waals surface area contributed by atoms with Crippen molar-refractivity contribution in [1.29, 1.82) is 0 Å². The summed E-state index contributed by atoms with van der Waals surface area (Å²) in [4.78, 5) is 11.9. The van der Waals surface area contributed by atoms with E-state index in [-0.39, 0.29) is 11.8 Å². The second-order valence-corrected chi connectivity index (χ2v) is 13.5. The smallest absolute Gasteiger partial charge is 0.437 e. The topological polar surface area (TPSA) is 44.8 Å². The SMILES string of the molecule is CC(C)(C)C(=O)OC(CC1CC2CCC1C2)(C(F)(F)F)C(F)(F)F.CO[Si](C)(C)OC. The molecule has 0 heterocycles. The second-order valence-electron chi connectivity index (χ2n) is 9.91. The molecule has 0 aromatic carbocycles. The molecule has 2 fully saturated rings. The summed E-state index contributed by atoms with van der Waals surface area (Å²) in [5.74, 6) is -2.18. The van der Waals surface area contributed by atoms with E-state index in [0.717, 1.165) is 6.42 Å². The van der Waals surface area contributed by atoms with Crippen molar-refractivity contribution >= 4 is 14.5 Å². The van der Waals surface area contributed by atoms with Crippen LogP contribution < -0.4 is 0 Å². The van der Waals surface area contributed by atoms with Crippen LogP contribution in [0.4, 0.5) is 26.3 Å². The molecule has 3 atom stereocenters. The van der Waals surface area contributed by atoms with Gasteiger partial charge in [-0.25, -0.2) is 0 Å². The number of hydrogen-bond donors (Lipinski definition) is 0. The molecule has 4 nitrogen and oxygen atoms in total. The van der Waals surface area contributed by atoms with E-state index in [1.54, 1.807) is 14.2 Å². The van der Waals surface area contributed by atoms with Crippen molar-refractivity contribution in [3.63, 3.8) is 0 Å². The van der Waals surface area contributed by atoms with Crippen molar-refractivity contribution in [3.05, 3.63) is 0 Å². The quantitative estimate of drug-likeness (QED) is 0.265. The maximum absolute atomic E-state index is 13.5. The number of carbonyl (C=O) groups excluding carboxylic acids is 1. The Morgan fingerprint density at radius 2 is 1.39 bits per heavy atom. The lowest BCUT2D eigenvalue weighted by Gasteiger charge is -2.40. The van der Waals surface area contributed by atoms with Crippen molar-refractivity contribution in [2.45, 2.75) is 83.9 Å². The van der Waals surface area contributed by atoms with E-state index < -0.39 is 50.2 Å². The van der Waals surface area contributed by atoms with Crippen LogP contribution in [0.1, 0.15) is 52.9 Å². The lowest BCUT2D eigenvalue weighted by Crippen LogP contribution is -2.61. The summed E-state index contributed by atoms with van der Waals surface area (Å²) in [6.07, 6.45) is -10.2. The maximum atomic E-state index is 13.5. The molecule has 31 heavy (non-hydrogen) atoms. The highest BCUT2D eigenvalue weighted by atomic mass is 28.4. The van der Waals surface area contributed by atoms with Crippen LogP contribution in [0.2, 0.25) is 13.1 Å².